The van der Waals surface area contributed by atoms with Gasteiger partial charge in [-0.3, -0.25) is 4.99 Å². The van der Waals surface area contributed by atoms with Crippen LogP contribution in [0.4, 0.5) is 5.69 Å². The smallest absolute Gasteiger partial charge is 0.219 e. The molecule has 0 aliphatic rings. The zero-order valence-corrected chi connectivity index (χ0v) is 14.5. The second-order valence-electron chi connectivity index (χ2n) is 5.47. The molecule has 0 N–H and O–H groups in total. The Kier molecular flexibility index (Phi) is 4.93. The first-order chi connectivity index (χ1) is 11.7. The molecule has 0 amide bonds. The molecule has 4 heteroatoms. The van der Waals surface area contributed by atoms with E-state index in [0.717, 1.165) is 23.4 Å². The molecule has 0 saturated carbocycles. The quantitative estimate of drug-likeness (QED) is 0.583. The summed E-state index contributed by atoms with van der Waals surface area (Å²) < 4.78 is 7.24. The van der Waals surface area contributed by atoms with Gasteiger partial charge in [-0.2, -0.15) is 5.26 Å². The molecule has 0 saturated heterocycles. The Morgan fingerprint density at radius 3 is 2.79 bits per heavy atom. The van der Waals surface area contributed by atoms with Crippen LogP contribution >= 0.6 is 11.3 Å². The van der Waals surface area contributed by atoms with Gasteiger partial charge in [-0.05, 0) is 53.9 Å². The third-order valence-corrected chi connectivity index (χ3v) is 4.89. The van der Waals surface area contributed by atoms with Crippen LogP contribution in [0.5, 0.6) is 5.75 Å². The number of thiophene rings is 1. The maximum atomic E-state index is 9.41. The van der Waals surface area contributed by atoms with E-state index in [9.17, 15) is 5.26 Å². The summed E-state index contributed by atoms with van der Waals surface area (Å²) in [5.41, 5.74) is 3.12. The maximum Gasteiger partial charge on any atom is 0.219 e. The van der Waals surface area contributed by atoms with Gasteiger partial charge in [0, 0.05) is 10.3 Å². The van der Waals surface area contributed by atoms with Crippen LogP contribution in [0.1, 0.15) is 18.1 Å². The largest absolute Gasteiger partial charge is 0.469 e. The van der Waals surface area contributed by atoms with Gasteiger partial charge in [0.05, 0.1) is 11.9 Å². The number of fused-ring (bicyclic) bond motifs is 1. The van der Waals surface area contributed by atoms with Crippen LogP contribution in [-0.2, 0) is 6.42 Å². The number of para-hydroxylation sites is 1. The highest BCUT2D eigenvalue weighted by atomic mass is 32.1. The second-order valence-corrected chi connectivity index (χ2v) is 6.38. The van der Waals surface area contributed by atoms with Gasteiger partial charge in [-0.1, -0.05) is 25.1 Å². The molecule has 3 rings (SSSR count). The van der Waals surface area contributed by atoms with E-state index >= 15 is 0 Å². The molecule has 0 aliphatic heterocycles. The van der Waals surface area contributed by atoms with Crippen molar-refractivity contribution in [2.75, 3.05) is 0 Å². The highest BCUT2D eigenvalue weighted by Crippen LogP contribution is 2.35. The Labute approximate surface area is 145 Å². The van der Waals surface area contributed by atoms with Gasteiger partial charge < -0.3 is 4.74 Å². The number of benzene rings is 2. The third kappa shape index (κ3) is 3.32. The lowest BCUT2D eigenvalue weighted by atomic mass is 10.0. The fourth-order valence-corrected chi connectivity index (χ4v) is 3.60. The summed E-state index contributed by atoms with van der Waals surface area (Å²) in [6.45, 7) is 4.18. The maximum absolute atomic E-state index is 9.41. The first kappa shape index (κ1) is 16.2. The Hall–Kier alpha value is -2.64. The monoisotopic (exact) mass is 334 g/mol. The first-order valence-corrected chi connectivity index (χ1v) is 8.76. The summed E-state index contributed by atoms with van der Waals surface area (Å²) in [5, 5.41) is 12.7. The van der Waals surface area contributed by atoms with Crippen molar-refractivity contribution in [1.82, 2.24) is 0 Å². The van der Waals surface area contributed by atoms with Gasteiger partial charge in [-0.25, -0.2) is 0 Å². The normalized spacial score (nSPS) is 12.4. The average molecular weight is 334 g/mol. The number of aliphatic imine (C=N–C) groups is 1. The van der Waals surface area contributed by atoms with E-state index in [2.05, 4.69) is 36.4 Å². The number of aryl methyl sites for hydroxylation is 2. The van der Waals surface area contributed by atoms with Crippen LogP contribution in [0.2, 0.25) is 0 Å². The molecule has 0 aliphatic carbocycles. The fraction of sp³-hybridized carbons (Fsp3) is 0.200. The van der Waals surface area contributed by atoms with Crippen LogP contribution in [-0.4, -0.2) is 12.3 Å². The SMILES string of the molecule is CCc1c(OC(C#N)C=Nc2ccccc2)cc(C)c2sccc12. The van der Waals surface area contributed by atoms with E-state index in [0.29, 0.717) is 0 Å². The predicted molar refractivity (Wildman–Crippen MR) is 101 cm³/mol. The molecule has 1 atom stereocenters. The van der Waals surface area contributed by atoms with Crippen molar-refractivity contribution < 1.29 is 4.74 Å². The molecular formula is C20H18N2OS. The highest BCUT2D eigenvalue weighted by Gasteiger charge is 2.14. The number of nitrogens with zero attached hydrogens (tertiary/aromatic N) is 2. The minimum Gasteiger partial charge on any atom is -0.469 e. The van der Waals surface area contributed by atoms with E-state index in [4.69, 9.17) is 4.74 Å². The molecule has 3 nitrogen and oxygen atoms in total. The van der Waals surface area contributed by atoms with Crippen molar-refractivity contribution in [1.29, 1.82) is 5.26 Å². The summed E-state index contributed by atoms with van der Waals surface area (Å²) in [6.07, 6.45) is 1.70. The second kappa shape index (κ2) is 7.29. The molecule has 0 radical (unpaired) electrons. The molecule has 3 aromatic rings. The van der Waals surface area contributed by atoms with E-state index < -0.39 is 6.10 Å². The van der Waals surface area contributed by atoms with Crippen LogP contribution in [0.3, 0.4) is 0 Å². The zero-order valence-electron chi connectivity index (χ0n) is 13.7. The zero-order chi connectivity index (χ0) is 16.9. The molecule has 1 aromatic heterocycles. The number of hydrogen-bond donors (Lipinski definition) is 0. The molecular weight excluding hydrogens is 316 g/mol. The van der Waals surface area contributed by atoms with Crippen molar-refractivity contribution in [3.05, 3.63) is 59.0 Å². The molecule has 1 unspecified atom stereocenters. The van der Waals surface area contributed by atoms with Crippen molar-refractivity contribution in [3.63, 3.8) is 0 Å². The van der Waals surface area contributed by atoms with Gasteiger partial charge in [0.25, 0.3) is 0 Å². The Bertz CT molecular complexity index is 907. The first-order valence-electron chi connectivity index (χ1n) is 7.88. The van der Waals surface area contributed by atoms with Gasteiger partial charge >= 0.3 is 0 Å². The molecule has 24 heavy (non-hydrogen) atoms. The van der Waals surface area contributed by atoms with Crippen molar-refractivity contribution in [3.8, 4) is 11.8 Å². The van der Waals surface area contributed by atoms with E-state index in [-0.39, 0.29) is 0 Å². The molecule has 120 valence electrons. The molecule has 2 aromatic carbocycles. The minimum atomic E-state index is -0.717. The standard InChI is InChI=1S/C20H18N2OS/c1-3-17-18-9-10-24-20(18)14(2)11-19(17)23-16(12-21)13-22-15-7-5-4-6-8-15/h4-11,13,16H,3H2,1-2H3. The van der Waals surface area contributed by atoms with Crippen molar-refractivity contribution >= 4 is 33.3 Å². The topological polar surface area (TPSA) is 45.4 Å². The Morgan fingerprint density at radius 2 is 2.08 bits per heavy atom. The molecule has 0 bridgehead atoms. The minimum absolute atomic E-state index is 0.717. The van der Waals surface area contributed by atoms with Crippen LogP contribution in [0, 0.1) is 18.3 Å². The molecule has 1 heterocycles. The number of ether oxygens (including phenoxy) is 1. The summed E-state index contributed by atoms with van der Waals surface area (Å²) in [6, 6.07) is 15.9. The Balaban J connectivity index is 1.90. The molecule has 0 fully saturated rings. The summed E-state index contributed by atoms with van der Waals surface area (Å²) in [4.78, 5) is 4.33. The predicted octanol–water partition coefficient (Wildman–Crippen LogP) is 5.45. The fourth-order valence-electron chi connectivity index (χ4n) is 2.70. The van der Waals surface area contributed by atoms with Crippen molar-refractivity contribution in [2.45, 2.75) is 26.4 Å². The average Bonchev–Trinajstić information content (AvgIpc) is 3.10. The van der Waals surface area contributed by atoms with Crippen LogP contribution in [0.25, 0.3) is 10.1 Å². The van der Waals surface area contributed by atoms with Crippen LogP contribution in [0.15, 0.2) is 52.8 Å². The van der Waals surface area contributed by atoms with Gasteiger partial charge in [0.1, 0.15) is 11.8 Å². The van der Waals surface area contributed by atoms with Gasteiger partial charge in [0.15, 0.2) is 0 Å². The summed E-state index contributed by atoms with van der Waals surface area (Å²) >= 11 is 1.74. The highest BCUT2D eigenvalue weighted by molar-refractivity contribution is 7.17. The van der Waals surface area contributed by atoms with Gasteiger partial charge in [-0.15, -0.1) is 11.3 Å². The summed E-state index contributed by atoms with van der Waals surface area (Å²) in [5.74, 6) is 0.770. The lowest BCUT2D eigenvalue weighted by Gasteiger charge is -2.14. The van der Waals surface area contributed by atoms with Crippen molar-refractivity contribution in [2.24, 2.45) is 4.99 Å². The lowest BCUT2D eigenvalue weighted by molar-refractivity contribution is 0.320. The van der Waals surface area contributed by atoms with E-state index in [1.54, 1.807) is 17.6 Å². The Morgan fingerprint density at radius 1 is 1.29 bits per heavy atom. The van der Waals surface area contributed by atoms with E-state index in [1.807, 2.05) is 36.4 Å². The third-order valence-electron chi connectivity index (χ3n) is 3.84. The van der Waals surface area contributed by atoms with Crippen LogP contribution < -0.4 is 4.74 Å². The van der Waals surface area contributed by atoms with Gasteiger partial charge in [0.2, 0.25) is 6.10 Å². The summed E-state index contributed by atoms with van der Waals surface area (Å²) in [7, 11) is 0. The number of nitriles is 1. The number of rotatable bonds is 5. The lowest BCUT2D eigenvalue weighted by Crippen LogP contribution is -2.16. The van der Waals surface area contributed by atoms with E-state index in [1.165, 1.54) is 15.6 Å². The molecule has 0 spiro atoms. The number of hydrogen-bond acceptors (Lipinski definition) is 4.